The summed E-state index contributed by atoms with van der Waals surface area (Å²) < 4.78 is 19.5. The molecule has 1 aliphatic rings. The molecule has 2 N–H and O–H groups in total. The Balaban J connectivity index is 1.31. The highest BCUT2D eigenvalue weighted by molar-refractivity contribution is 7.13. The first-order chi connectivity index (χ1) is 16.1. The fourth-order valence-electron chi connectivity index (χ4n) is 3.36. The number of morpholine rings is 1. The van der Waals surface area contributed by atoms with Crippen molar-refractivity contribution in [1.82, 2.24) is 14.9 Å². The molecule has 0 unspecified atom stereocenters. The third kappa shape index (κ3) is 6.64. The summed E-state index contributed by atoms with van der Waals surface area (Å²) in [5.74, 6) is -1.13. The maximum atomic E-state index is 14.2. The van der Waals surface area contributed by atoms with Crippen molar-refractivity contribution < 1.29 is 18.7 Å². The molecule has 0 saturated carbocycles. The van der Waals surface area contributed by atoms with E-state index in [0.29, 0.717) is 31.1 Å². The number of hydrogen-bond acceptors (Lipinski definition) is 7. The minimum Gasteiger partial charge on any atom is -0.379 e. The number of carbonyl (C=O) groups is 2. The van der Waals surface area contributed by atoms with Gasteiger partial charge < -0.3 is 15.4 Å². The minimum atomic E-state index is -0.563. The molecule has 1 aliphatic heterocycles. The Morgan fingerprint density at radius 3 is 2.76 bits per heavy atom. The van der Waals surface area contributed by atoms with E-state index in [1.54, 1.807) is 6.20 Å². The molecule has 0 atom stereocenters. The van der Waals surface area contributed by atoms with Crippen LogP contribution in [0.5, 0.6) is 0 Å². The SMILES string of the molecule is O=C(Cc1csc(-c2ccccn2)n1)Nc1ccc(F)c(NC(=O)CCN2CCOCC2)c1. The number of nitrogens with one attached hydrogen (secondary N) is 2. The van der Waals surface area contributed by atoms with Gasteiger partial charge in [0.05, 0.1) is 36.7 Å². The number of rotatable bonds is 8. The Bertz CT molecular complexity index is 1100. The van der Waals surface area contributed by atoms with Gasteiger partial charge in [-0.15, -0.1) is 11.3 Å². The zero-order valence-electron chi connectivity index (χ0n) is 17.9. The first kappa shape index (κ1) is 23.0. The number of halogens is 1. The highest BCUT2D eigenvalue weighted by Crippen LogP contribution is 2.23. The summed E-state index contributed by atoms with van der Waals surface area (Å²) in [6, 6.07) is 9.66. The van der Waals surface area contributed by atoms with E-state index in [-0.39, 0.29) is 30.3 Å². The standard InChI is InChI=1S/C23H24FN5O3S/c24-18-5-4-16(13-20(18)28-21(30)6-8-29-9-11-32-12-10-29)26-22(31)14-17-15-33-23(27-17)19-3-1-2-7-25-19/h1-5,7,13,15H,6,8-12,14H2,(H,26,31)(H,28,30). The molecule has 4 rings (SSSR count). The Hall–Kier alpha value is -3.21. The number of carbonyl (C=O) groups excluding carboxylic acids is 2. The number of pyridine rings is 1. The van der Waals surface area contributed by atoms with Crippen molar-refractivity contribution >= 4 is 34.5 Å². The molecule has 8 nitrogen and oxygen atoms in total. The smallest absolute Gasteiger partial charge is 0.230 e. The van der Waals surface area contributed by atoms with E-state index in [2.05, 4.69) is 25.5 Å². The molecule has 3 heterocycles. The van der Waals surface area contributed by atoms with Crippen LogP contribution in [0.3, 0.4) is 0 Å². The molecule has 0 bridgehead atoms. The second kappa shape index (κ2) is 11.1. The third-order valence-corrected chi connectivity index (χ3v) is 5.97. The van der Waals surface area contributed by atoms with Gasteiger partial charge in [0.15, 0.2) is 0 Å². The van der Waals surface area contributed by atoms with Crippen LogP contribution in [0.4, 0.5) is 15.8 Å². The quantitative estimate of drug-likeness (QED) is 0.526. The maximum absolute atomic E-state index is 14.2. The van der Waals surface area contributed by atoms with Gasteiger partial charge in [-0.05, 0) is 30.3 Å². The van der Waals surface area contributed by atoms with Crippen molar-refractivity contribution in [1.29, 1.82) is 0 Å². The van der Waals surface area contributed by atoms with Gasteiger partial charge in [0.2, 0.25) is 11.8 Å². The number of thiazole rings is 1. The van der Waals surface area contributed by atoms with Crippen LogP contribution in [0, 0.1) is 5.82 Å². The predicted molar refractivity (Wildman–Crippen MR) is 125 cm³/mol. The molecule has 2 aromatic heterocycles. The lowest BCUT2D eigenvalue weighted by Gasteiger charge is -2.26. The molecule has 3 aromatic rings. The number of amides is 2. The lowest BCUT2D eigenvalue weighted by Crippen LogP contribution is -2.38. The first-order valence-electron chi connectivity index (χ1n) is 10.6. The highest BCUT2D eigenvalue weighted by Gasteiger charge is 2.15. The van der Waals surface area contributed by atoms with Crippen molar-refractivity contribution in [3.8, 4) is 10.7 Å². The zero-order chi connectivity index (χ0) is 23.0. The summed E-state index contributed by atoms with van der Waals surface area (Å²) in [4.78, 5) is 35.6. The van der Waals surface area contributed by atoms with Crippen LogP contribution in [0.1, 0.15) is 12.1 Å². The first-order valence-corrected chi connectivity index (χ1v) is 11.5. The minimum absolute atomic E-state index is 0.0332. The van der Waals surface area contributed by atoms with E-state index < -0.39 is 5.82 Å². The normalized spacial score (nSPS) is 14.1. The molecular formula is C23H24FN5O3S. The number of nitrogens with zero attached hydrogens (tertiary/aromatic N) is 3. The van der Waals surface area contributed by atoms with Gasteiger partial charge in [-0.3, -0.25) is 19.5 Å². The van der Waals surface area contributed by atoms with Crippen LogP contribution in [-0.2, 0) is 20.7 Å². The molecule has 1 fully saturated rings. The Kier molecular flexibility index (Phi) is 7.71. The summed E-state index contributed by atoms with van der Waals surface area (Å²) >= 11 is 1.42. The van der Waals surface area contributed by atoms with Crippen molar-refractivity contribution in [2.24, 2.45) is 0 Å². The van der Waals surface area contributed by atoms with Gasteiger partial charge in [-0.1, -0.05) is 6.07 Å². The van der Waals surface area contributed by atoms with Gasteiger partial charge >= 0.3 is 0 Å². The van der Waals surface area contributed by atoms with E-state index in [9.17, 15) is 14.0 Å². The van der Waals surface area contributed by atoms with Gasteiger partial charge in [-0.2, -0.15) is 0 Å². The van der Waals surface area contributed by atoms with Crippen LogP contribution < -0.4 is 10.6 Å². The van der Waals surface area contributed by atoms with Crippen LogP contribution in [0.2, 0.25) is 0 Å². The number of aromatic nitrogens is 2. The van der Waals surface area contributed by atoms with Crippen LogP contribution in [0.15, 0.2) is 48.0 Å². The van der Waals surface area contributed by atoms with Crippen molar-refractivity contribution in [3.05, 3.63) is 59.5 Å². The van der Waals surface area contributed by atoms with Crippen LogP contribution in [0.25, 0.3) is 10.7 Å². The number of benzene rings is 1. The molecule has 1 aromatic carbocycles. The van der Waals surface area contributed by atoms with Gasteiger partial charge in [-0.25, -0.2) is 9.37 Å². The lowest BCUT2D eigenvalue weighted by molar-refractivity contribution is -0.117. The molecule has 0 aliphatic carbocycles. The summed E-state index contributed by atoms with van der Waals surface area (Å²) in [7, 11) is 0. The fraction of sp³-hybridized carbons (Fsp3) is 0.304. The predicted octanol–water partition coefficient (Wildman–Crippen LogP) is 3.19. The van der Waals surface area contributed by atoms with Crippen molar-refractivity contribution in [2.45, 2.75) is 12.8 Å². The maximum Gasteiger partial charge on any atom is 0.230 e. The molecule has 0 radical (unpaired) electrons. The van der Waals surface area contributed by atoms with Gasteiger partial charge in [0.25, 0.3) is 0 Å². The summed E-state index contributed by atoms with van der Waals surface area (Å²) in [6.45, 7) is 3.46. The Labute approximate surface area is 194 Å². The molecule has 10 heteroatoms. The number of anilines is 2. The van der Waals surface area contributed by atoms with Crippen molar-refractivity contribution in [2.75, 3.05) is 43.5 Å². The fourth-order valence-corrected chi connectivity index (χ4v) is 4.16. The molecule has 33 heavy (non-hydrogen) atoms. The summed E-state index contributed by atoms with van der Waals surface area (Å²) in [5.41, 5.74) is 1.80. The lowest BCUT2D eigenvalue weighted by atomic mass is 10.2. The van der Waals surface area contributed by atoms with E-state index in [0.717, 1.165) is 23.8 Å². The Morgan fingerprint density at radius 1 is 1.12 bits per heavy atom. The topological polar surface area (TPSA) is 96.4 Å². The van der Waals surface area contributed by atoms with E-state index in [1.165, 1.54) is 29.5 Å². The van der Waals surface area contributed by atoms with E-state index in [1.807, 2.05) is 23.6 Å². The monoisotopic (exact) mass is 469 g/mol. The third-order valence-electron chi connectivity index (χ3n) is 5.06. The summed E-state index contributed by atoms with van der Waals surface area (Å²) in [6.07, 6.45) is 2.01. The molecule has 0 spiro atoms. The number of hydrogen-bond donors (Lipinski definition) is 2. The molecular weight excluding hydrogens is 445 g/mol. The highest BCUT2D eigenvalue weighted by atomic mass is 32.1. The van der Waals surface area contributed by atoms with Crippen LogP contribution >= 0.6 is 11.3 Å². The average molecular weight is 470 g/mol. The molecule has 2 amide bonds. The molecule has 172 valence electrons. The van der Waals surface area contributed by atoms with Crippen LogP contribution in [-0.4, -0.2) is 59.5 Å². The average Bonchev–Trinajstić information content (AvgIpc) is 3.29. The van der Waals surface area contributed by atoms with Gasteiger partial charge in [0.1, 0.15) is 10.8 Å². The zero-order valence-corrected chi connectivity index (χ0v) is 18.7. The summed E-state index contributed by atoms with van der Waals surface area (Å²) in [5, 5.41) is 7.88. The van der Waals surface area contributed by atoms with E-state index >= 15 is 0 Å². The number of ether oxygens (including phenoxy) is 1. The Morgan fingerprint density at radius 2 is 1.97 bits per heavy atom. The van der Waals surface area contributed by atoms with Crippen molar-refractivity contribution in [3.63, 3.8) is 0 Å². The molecule has 1 saturated heterocycles. The second-order valence-electron chi connectivity index (χ2n) is 7.53. The van der Waals surface area contributed by atoms with Gasteiger partial charge in [0, 0.05) is 43.3 Å². The van der Waals surface area contributed by atoms with E-state index in [4.69, 9.17) is 4.74 Å². The second-order valence-corrected chi connectivity index (χ2v) is 8.39. The largest absolute Gasteiger partial charge is 0.379 e.